The summed E-state index contributed by atoms with van der Waals surface area (Å²) >= 11 is 0. The van der Waals surface area contributed by atoms with Gasteiger partial charge in [-0.1, -0.05) is 12.8 Å². The first kappa shape index (κ1) is 11.0. The summed E-state index contributed by atoms with van der Waals surface area (Å²) in [7, 11) is 0. The first-order chi connectivity index (χ1) is 7.93. The third-order valence-electron chi connectivity index (χ3n) is 4.98. The van der Waals surface area contributed by atoms with Crippen LogP contribution in [0.2, 0.25) is 0 Å². The molecule has 1 saturated carbocycles. The van der Waals surface area contributed by atoms with Crippen molar-refractivity contribution in [3.05, 3.63) is 0 Å². The second-order valence-corrected chi connectivity index (χ2v) is 6.04. The van der Waals surface area contributed by atoms with Crippen LogP contribution in [-0.4, -0.2) is 36.6 Å². The van der Waals surface area contributed by atoms with E-state index in [9.17, 15) is 0 Å². The lowest BCUT2D eigenvalue weighted by atomic mass is 9.96. The number of likely N-dealkylation sites (tertiary alicyclic amines) is 1. The van der Waals surface area contributed by atoms with Crippen LogP contribution < -0.4 is 5.32 Å². The Hall–Kier alpha value is -0.0800. The highest BCUT2D eigenvalue weighted by molar-refractivity contribution is 4.90. The van der Waals surface area contributed by atoms with E-state index in [0.717, 1.165) is 18.0 Å². The summed E-state index contributed by atoms with van der Waals surface area (Å²) in [6, 6.07) is 1.76. The molecule has 2 heteroatoms. The van der Waals surface area contributed by atoms with Crippen molar-refractivity contribution < 1.29 is 0 Å². The van der Waals surface area contributed by atoms with Gasteiger partial charge in [0.05, 0.1) is 0 Å². The Bertz CT molecular complexity index is 217. The molecule has 3 aliphatic rings. The molecular formula is C14H26N2. The van der Waals surface area contributed by atoms with Gasteiger partial charge in [0.25, 0.3) is 0 Å². The van der Waals surface area contributed by atoms with Crippen molar-refractivity contribution in [2.24, 2.45) is 5.92 Å². The molecule has 2 unspecified atom stereocenters. The number of hydrogen-bond donors (Lipinski definition) is 1. The molecule has 2 heterocycles. The van der Waals surface area contributed by atoms with Crippen molar-refractivity contribution in [2.45, 2.75) is 63.5 Å². The maximum atomic E-state index is 3.65. The van der Waals surface area contributed by atoms with Gasteiger partial charge in [-0.25, -0.2) is 0 Å². The van der Waals surface area contributed by atoms with Crippen LogP contribution >= 0.6 is 0 Å². The van der Waals surface area contributed by atoms with Gasteiger partial charge in [0.15, 0.2) is 0 Å². The van der Waals surface area contributed by atoms with E-state index in [2.05, 4.69) is 10.2 Å². The first-order valence-electron chi connectivity index (χ1n) is 7.41. The van der Waals surface area contributed by atoms with E-state index in [-0.39, 0.29) is 0 Å². The molecule has 3 rings (SSSR count). The number of nitrogens with one attached hydrogen (secondary N) is 1. The molecule has 0 aromatic rings. The predicted molar refractivity (Wildman–Crippen MR) is 67.6 cm³/mol. The monoisotopic (exact) mass is 222 g/mol. The van der Waals surface area contributed by atoms with Crippen LogP contribution in [0.4, 0.5) is 0 Å². The molecular weight excluding hydrogens is 196 g/mol. The lowest BCUT2D eigenvalue weighted by Gasteiger charge is -2.31. The summed E-state index contributed by atoms with van der Waals surface area (Å²) in [6.07, 6.45) is 11.8. The van der Waals surface area contributed by atoms with Crippen LogP contribution in [-0.2, 0) is 0 Å². The van der Waals surface area contributed by atoms with Crippen molar-refractivity contribution in [1.82, 2.24) is 10.2 Å². The third kappa shape index (κ3) is 2.28. The molecule has 0 amide bonds. The lowest BCUT2D eigenvalue weighted by Crippen LogP contribution is -2.42. The van der Waals surface area contributed by atoms with Gasteiger partial charge >= 0.3 is 0 Å². The fourth-order valence-corrected chi connectivity index (χ4v) is 4.15. The van der Waals surface area contributed by atoms with Gasteiger partial charge < -0.3 is 5.32 Å². The van der Waals surface area contributed by atoms with Crippen LogP contribution in [0.1, 0.15) is 51.4 Å². The molecule has 92 valence electrons. The van der Waals surface area contributed by atoms with Crippen molar-refractivity contribution in [2.75, 3.05) is 19.6 Å². The van der Waals surface area contributed by atoms with Gasteiger partial charge in [0.1, 0.15) is 0 Å². The molecule has 0 radical (unpaired) electrons. The van der Waals surface area contributed by atoms with Gasteiger partial charge in [-0.3, -0.25) is 4.90 Å². The molecule has 0 aromatic heterocycles. The van der Waals surface area contributed by atoms with Crippen molar-refractivity contribution in [3.63, 3.8) is 0 Å². The minimum atomic E-state index is 0.807. The van der Waals surface area contributed by atoms with E-state index in [1.807, 2.05) is 0 Å². The topological polar surface area (TPSA) is 15.3 Å². The van der Waals surface area contributed by atoms with E-state index >= 15 is 0 Å². The Labute approximate surface area is 99.8 Å². The van der Waals surface area contributed by atoms with E-state index in [4.69, 9.17) is 0 Å². The first-order valence-corrected chi connectivity index (χ1v) is 7.41. The molecule has 1 N–H and O–H groups in total. The molecule has 2 nitrogen and oxygen atoms in total. The smallest absolute Gasteiger partial charge is 0.0195 e. The highest BCUT2D eigenvalue weighted by Gasteiger charge is 2.34. The van der Waals surface area contributed by atoms with Crippen LogP contribution in [0.5, 0.6) is 0 Å². The van der Waals surface area contributed by atoms with Crippen molar-refractivity contribution in [1.29, 1.82) is 0 Å². The number of rotatable bonds is 3. The normalized spacial score (nSPS) is 37.5. The van der Waals surface area contributed by atoms with Crippen LogP contribution in [0, 0.1) is 5.92 Å². The maximum absolute atomic E-state index is 3.65. The van der Waals surface area contributed by atoms with Gasteiger partial charge in [-0.05, 0) is 57.5 Å². The number of nitrogens with zero attached hydrogens (tertiary/aromatic N) is 1. The van der Waals surface area contributed by atoms with E-state index in [0.29, 0.717) is 0 Å². The van der Waals surface area contributed by atoms with Crippen molar-refractivity contribution in [3.8, 4) is 0 Å². The maximum Gasteiger partial charge on any atom is 0.0195 e. The molecule has 16 heavy (non-hydrogen) atoms. The summed E-state index contributed by atoms with van der Waals surface area (Å²) in [5.41, 5.74) is 0. The molecule has 0 aromatic carbocycles. The third-order valence-corrected chi connectivity index (χ3v) is 4.98. The van der Waals surface area contributed by atoms with Crippen molar-refractivity contribution >= 4 is 0 Å². The second-order valence-electron chi connectivity index (χ2n) is 6.04. The Balaban J connectivity index is 1.55. The van der Waals surface area contributed by atoms with Crippen LogP contribution in [0.3, 0.4) is 0 Å². The highest BCUT2D eigenvalue weighted by atomic mass is 15.2. The highest BCUT2D eigenvalue weighted by Crippen LogP contribution is 2.35. The largest absolute Gasteiger partial charge is 0.313 e. The fraction of sp³-hybridized carbons (Fsp3) is 1.00. The summed E-state index contributed by atoms with van der Waals surface area (Å²) in [5.74, 6) is 1.05. The minimum Gasteiger partial charge on any atom is -0.313 e. The zero-order chi connectivity index (χ0) is 10.8. The Morgan fingerprint density at radius 3 is 2.56 bits per heavy atom. The average molecular weight is 222 g/mol. The zero-order valence-electron chi connectivity index (χ0n) is 10.5. The van der Waals surface area contributed by atoms with Crippen LogP contribution in [0.25, 0.3) is 0 Å². The van der Waals surface area contributed by atoms with Gasteiger partial charge in [0, 0.05) is 18.6 Å². The Morgan fingerprint density at radius 1 is 0.938 bits per heavy atom. The van der Waals surface area contributed by atoms with E-state index < -0.39 is 0 Å². The second kappa shape index (κ2) is 5.05. The standard InChI is InChI=1S/C14H26N2/c1-2-6-12(5-1)14-8-4-10-16(14)11-13-7-3-9-15-13/h12-15H,1-11H2. The Kier molecular flexibility index (Phi) is 3.49. The Morgan fingerprint density at radius 2 is 1.81 bits per heavy atom. The minimum absolute atomic E-state index is 0.807. The molecule has 2 aliphatic heterocycles. The predicted octanol–water partition coefficient (Wildman–Crippen LogP) is 2.39. The summed E-state index contributed by atoms with van der Waals surface area (Å²) in [4.78, 5) is 2.82. The summed E-state index contributed by atoms with van der Waals surface area (Å²) in [5, 5.41) is 3.65. The zero-order valence-corrected chi connectivity index (χ0v) is 10.5. The van der Waals surface area contributed by atoms with E-state index in [1.54, 1.807) is 0 Å². The summed E-state index contributed by atoms with van der Waals surface area (Å²) < 4.78 is 0. The molecule has 2 atom stereocenters. The molecule has 1 aliphatic carbocycles. The number of hydrogen-bond acceptors (Lipinski definition) is 2. The van der Waals surface area contributed by atoms with Gasteiger partial charge in [-0.2, -0.15) is 0 Å². The quantitative estimate of drug-likeness (QED) is 0.789. The van der Waals surface area contributed by atoms with Crippen LogP contribution in [0.15, 0.2) is 0 Å². The lowest BCUT2D eigenvalue weighted by molar-refractivity contribution is 0.176. The average Bonchev–Trinajstić information content (AvgIpc) is 2.98. The fourth-order valence-electron chi connectivity index (χ4n) is 4.15. The summed E-state index contributed by atoms with van der Waals surface area (Å²) in [6.45, 7) is 3.97. The SMILES string of the molecule is C1CNC(CN2CCCC2C2CCCC2)C1. The van der Waals surface area contributed by atoms with Gasteiger partial charge in [0.2, 0.25) is 0 Å². The van der Waals surface area contributed by atoms with E-state index in [1.165, 1.54) is 71.0 Å². The molecule has 0 spiro atoms. The molecule has 0 bridgehead atoms. The molecule has 2 saturated heterocycles. The van der Waals surface area contributed by atoms with Gasteiger partial charge in [-0.15, -0.1) is 0 Å². The molecule has 3 fully saturated rings.